The number of carbonyl (C=O) groups excluding carboxylic acids is 1. The van der Waals surface area contributed by atoms with Gasteiger partial charge in [0.25, 0.3) is 0 Å². The van der Waals surface area contributed by atoms with Gasteiger partial charge in [-0.3, -0.25) is 14.3 Å². The molecule has 25 heavy (non-hydrogen) atoms. The lowest BCUT2D eigenvalue weighted by Crippen LogP contribution is -2.41. The molecular formula is C17H22F2N4OS. The van der Waals surface area contributed by atoms with E-state index in [1.165, 1.54) is 0 Å². The molecule has 3 rings (SSSR count). The van der Waals surface area contributed by atoms with Gasteiger partial charge in [0, 0.05) is 25.6 Å². The van der Waals surface area contributed by atoms with Crippen molar-refractivity contribution >= 4 is 29.2 Å². The van der Waals surface area contributed by atoms with E-state index in [9.17, 15) is 13.6 Å². The van der Waals surface area contributed by atoms with Crippen molar-refractivity contribution in [2.45, 2.75) is 33.0 Å². The molecule has 0 unspecified atom stereocenters. The first-order chi connectivity index (χ1) is 12.0. The number of aromatic nitrogens is 2. The van der Waals surface area contributed by atoms with E-state index >= 15 is 0 Å². The molecule has 5 nitrogen and oxygen atoms in total. The molecule has 0 bridgehead atoms. The molecule has 1 amide bonds. The number of piperidine rings is 1. The summed E-state index contributed by atoms with van der Waals surface area (Å²) in [5, 5.41) is 2.86. The van der Waals surface area contributed by atoms with Gasteiger partial charge in [-0.25, -0.2) is 0 Å². The number of nitrogens with zero attached hydrogens (tertiary/aromatic N) is 3. The minimum atomic E-state index is -2.66. The number of halogens is 2. The fourth-order valence-corrected chi connectivity index (χ4v) is 3.75. The molecule has 0 saturated carbocycles. The van der Waals surface area contributed by atoms with Gasteiger partial charge in [-0.05, 0) is 44.1 Å². The number of fused-ring (bicyclic) bond motifs is 1. The van der Waals surface area contributed by atoms with Crippen molar-refractivity contribution in [2.24, 2.45) is 5.92 Å². The standard InChI is InChI=1S/C17H22F2N4OS/c1-2-20-15(24)12-7-9-21(10-8-12)11-22-13-5-3-4-6-14(13)23(16(18)19)17(22)25/h3-6,12,16H,2,7-11H2,1H3,(H,20,24). The van der Waals surface area contributed by atoms with Crippen LogP contribution in [0, 0.1) is 10.7 Å². The molecule has 0 aliphatic carbocycles. The third kappa shape index (κ3) is 3.59. The van der Waals surface area contributed by atoms with Gasteiger partial charge in [0.05, 0.1) is 17.7 Å². The molecule has 1 fully saturated rings. The van der Waals surface area contributed by atoms with E-state index in [4.69, 9.17) is 12.2 Å². The second-order valence-electron chi connectivity index (χ2n) is 6.28. The number of benzene rings is 1. The van der Waals surface area contributed by atoms with Gasteiger partial charge < -0.3 is 9.88 Å². The highest BCUT2D eigenvalue weighted by Crippen LogP contribution is 2.25. The number of nitrogens with one attached hydrogen (secondary N) is 1. The number of hydrogen-bond acceptors (Lipinski definition) is 3. The molecular weight excluding hydrogens is 346 g/mol. The van der Waals surface area contributed by atoms with Crippen molar-refractivity contribution in [3.05, 3.63) is 29.0 Å². The molecule has 2 heterocycles. The van der Waals surface area contributed by atoms with Crippen LogP contribution < -0.4 is 5.32 Å². The average molecular weight is 368 g/mol. The summed E-state index contributed by atoms with van der Waals surface area (Å²) in [5.74, 6) is 0.139. The fraction of sp³-hybridized carbons (Fsp3) is 0.529. The van der Waals surface area contributed by atoms with E-state index < -0.39 is 6.55 Å². The Morgan fingerprint density at radius 1 is 1.28 bits per heavy atom. The third-order valence-electron chi connectivity index (χ3n) is 4.72. The maximum absolute atomic E-state index is 13.4. The number of hydrogen-bond donors (Lipinski definition) is 1. The highest BCUT2D eigenvalue weighted by Gasteiger charge is 2.25. The van der Waals surface area contributed by atoms with Crippen LogP contribution in [0.4, 0.5) is 8.78 Å². The molecule has 1 aliphatic heterocycles. The van der Waals surface area contributed by atoms with Crippen LogP contribution in [0.3, 0.4) is 0 Å². The molecule has 1 N–H and O–H groups in total. The van der Waals surface area contributed by atoms with Crippen LogP contribution in [-0.4, -0.2) is 39.6 Å². The van der Waals surface area contributed by atoms with Crippen LogP contribution in [0.2, 0.25) is 0 Å². The predicted molar refractivity (Wildman–Crippen MR) is 95.0 cm³/mol. The number of amides is 1. The maximum atomic E-state index is 13.4. The summed E-state index contributed by atoms with van der Waals surface area (Å²) in [7, 11) is 0. The van der Waals surface area contributed by atoms with E-state index in [2.05, 4.69) is 10.2 Å². The smallest absolute Gasteiger partial charge is 0.321 e. The largest absolute Gasteiger partial charge is 0.356 e. The highest BCUT2D eigenvalue weighted by molar-refractivity contribution is 7.71. The van der Waals surface area contributed by atoms with E-state index in [0.29, 0.717) is 24.2 Å². The topological polar surface area (TPSA) is 42.2 Å². The minimum absolute atomic E-state index is 0.0339. The number of carbonyl (C=O) groups is 1. The number of para-hydroxylation sites is 2. The van der Waals surface area contributed by atoms with E-state index in [-0.39, 0.29) is 16.6 Å². The molecule has 1 aliphatic rings. The van der Waals surface area contributed by atoms with Gasteiger partial charge in [0.2, 0.25) is 5.91 Å². The summed E-state index contributed by atoms with van der Waals surface area (Å²) in [6.07, 6.45) is 1.54. The summed E-state index contributed by atoms with van der Waals surface area (Å²) in [6.45, 7) is 1.84. The Balaban J connectivity index is 1.78. The molecule has 1 saturated heterocycles. The zero-order valence-electron chi connectivity index (χ0n) is 14.1. The van der Waals surface area contributed by atoms with Gasteiger partial charge >= 0.3 is 6.55 Å². The summed E-state index contributed by atoms with van der Waals surface area (Å²) in [4.78, 5) is 14.1. The van der Waals surface area contributed by atoms with E-state index in [1.807, 2.05) is 19.1 Å². The Hall–Kier alpha value is -1.80. The van der Waals surface area contributed by atoms with E-state index in [1.54, 1.807) is 16.7 Å². The number of imidazole rings is 1. The lowest BCUT2D eigenvalue weighted by molar-refractivity contribution is -0.126. The van der Waals surface area contributed by atoms with Crippen LogP contribution in [0.1, 0.15) is 26.3 Å². The SMILES string of the molecule is CCNC(=O)C1CCN(Cn2c(=S)n(C(F)F)c3ccccc32)CC1. The van der Waals surface area contributed by atoms with Crippen LogP contribution in [0.15, 0.2) is 24.3 Å². The lowest BCUT2D eigenvalue weighted by atomic mass is 9.96. The zero-order valence-corrected chi connectivity index (χ0v) is 14.9. The summed E-state index contributed by atoms with van der Waals surface area (Å²) >= 11 is 5.29. The quantitative estimate of drug-likeness (QED) is 0.823. The van der Waals surface area contributed by atoms with Gasteiger partial charge in [0.1, 0.15) is 0 Å². The van der Waals surface area contributed by atoms with Crippen LogP contribution in [-0.2, 0) is 11.5 Å². The number of rotatable bonds is 5. The molecule has 1 aromatic heterocycles. The highest BCUT2D eigenvalue weighted by atomic mass is 32.1. The van der Waals surface area contributed by atoms with Gasteiger partial charge in [0.15, 0.2) is 4.77 Å². The average Bonchev–Trinajstić information content (AvgIpc) is 2.88. The zero-order chi connectivity index (χ0) is 18.0. The molecule has 0 spiro atoms. The predicted octanol–water partition coefficient (Wildman–Crippen LogP) is 3.37. The summed E-state index contributed by atoms with van der Waals surface area (Å²) in [5.41, 5.74) is 1.15. The first kappa shape index (κ1) is 18.0. The molecule has 136 valence electrons. The van der Waals surface area contributed by atoms with Crippen molar-refractivity contribution in [1.29, 1.82) is 0 Å². The second kappa shape index (κ2) is 7.61. The fourth-order valence-electron chi connectivity index (χ4n) is 3.41. The van der Waals surface area contributed by atoms with Crippen molar-refractivity contribution in [3.8, 4) is 0 Å². The van der Waals surface area contributed by atoms with Crippen LogP contribution in [0.5, 0.6) is 0 Å². The normalized spacial score (nSPS) is 16.6. The molecule has 0 atom stereocenters. The third-order valence-corrected chi connectivity index (χ3v) is 5.13. The molecule has 8 heteroatoms. The van der Waals surface area contributed by atoms with Gasteiger partial charge in [-0.2, -0.15) is 8.78 Å². The summed E-state index contributed by atoms with van der Waals surface area (Å²) in [6, 6.07) is 7.03. The molecule has 1 aromatic carbocycles. The minimum Gasteiger partial charge on any atom is -0.356 e. The second-order valence-corrected chi connectivity index (χ2v) is 6.64. The molecule has 2 aromatic rings. The van der Waals surface area contributed by atoms with E-state index in [0.717, 1.165) is 30.5 Å². The molecule has 0 radical (unpaired) electrons. The van der Waals surface area contributed by atoms with Crippen molar-refractivity contribution in [2.75, 3.05) is 19.6 Å². The Morgan fingerprint density at radius 3 is 2.52 bits per heavy atom. The van der Waals surface area contributed by atoms with Gasteiger partial charge in [-0.1, -0.05) is 12.1 Å². The monoisotopic (exact) mass is 368 g/mol. The Bertz CT molecular complexity index is 809. The number of likely N-dealkylation sites (tertiary alicyclic amines) is 1. The first-order valence-electron chi connectivity index (χ1n) is 8.51. The van der Waals surface area contributed by atoms with Crippen molar-refractivity contribution in [3.63, 3.8) is 0 Å². The van der Waals surface area contributed by atoms with Crippen molar-refractivity contribution in [1.82, 2.24) is 19.4 Å². The van der Waals surface area contributed by atoms with Crippen LogP contribution >= 0.6 is 12.2 Å². The Kier molecular flexibility index (Phi) is 5.48. The Labute approximate surface area is 150 Å². The first-order valence-corrected chi connectivity index (χ1v) is 8.91. The lowest BCUT2D eigenvalue weighted by Gasteiger charge is -2.31. The van der Waals surface area contributed by atoms with Crippen LogP contribution in [0.25, 0.3) is 11.0 Å². The Morgan fingerprint density at radius 2 is 1.92 bits per heavy atom. The maximum Gasteiger partial charge on any atom is 0.321 e. The van der Waals surface area contributed by atoms with Gasteiger partial charge in [-0.15, -0.1) is 0 Å². The number of alkyl halides is 2. The summed E-state index contributed by atoms with van der Waals surface area (Å²) < 4.78 is 29.5. The van der Waals surface area contributed by atoms with Crippen molar-refractivity contribution < 1.29 is 13.6 Å².